The van der Waals surface area contributed by atoms with E-state index in [1.807, 2.05) is 12.1 Å². The highest BCUT2D eigenvalue weighted by atomic mass is 16.4. The number of nitrogens with zero attached hydrogens (tertiary/aromatic N) is 2. The fourth-order valence-electron chi connectivity index (χ4n) is 4.38. The van der Waals surface area contributed by atoms with Gasteiger partial charge in [0.1, 0.15) is 6.54 Å². The van der Waals surface area contributed by atoms with Crippen molar-refractivity contribution < 1.29 is 8.90 Å². The summed E-state index contributed by atoms with van der Waals surface area (Å²) in [5.74, 6) is -0.560. The van der Waals surface area contributed by atoms with Gasteiger partial charge >= 0.3 is 11.4 Å². The molecule has 2 heterocycles. The molecule has 1 aromatic heterocycles. The second kappa shape index (κ2) is 7.53. The molecule has 27 heavy (non-hydrogen) atoms. The predicted octanol–water partition coefficient (Wildman–Crippen LogP) is 3.16. The molecule has 0 atom stereocenters. The number of likely N-dealkylation sites (tertiary alicyclic amines) is 1. The lowest BCUT2D eigenvalue weighted by atomic mass is 10.1. The van der Waals surface area contributed by atoms with Crippen LogP contribution in [0.4, 0.5) is 0 Å². The van der Waals surface area contributed by atoms with Crippen LogP contribution in [0.15, 0.2) is 68.6 Å². The van der Waals surface area contributed by atoms with E-state index in [4.69, 9.17) is 4.42 Å². The predicted molar refractivity (Wildman–Crippen MR) is 106 cm³/mol. The van der Waals surface area contributed by atoms with E-state index in [9.17, 15) is 9.59 Å². The minimum Gasteiger partial charge on any atom is -0.372 e. The number of benzene rings is 2. The quantitative estimate of drug-likeness (QED) is 0.631. The van der Waals surface area contributed by atoms with Crippen molar-refractivity contribution in [3.8, 4) is 0 Å². The summed E-state index contributed by atoms with van der Waals surface area (Å²) in [7, 11) is 0. The Balaban J connectivity index is 1.53. The van der Waals surface area contributed by atoms with Crippen molar-refractivity contribution in [3.63, 3.8) is 0 Å². The Morgan fingerprint density at radius 2 is 1.63 bits per heavy atom. The van der Waals surface area contributed by atoms with Crippen LogP contribution in [-0.4, -0.2) is 28.7 Å². The summed E-state index contributed by atoms with van der Waals surface area (Å²) < 4.78 is 7.59. The SMILES string of the molecule is O=c1oc(=O)n(CCC[N+]2(Cc3ccccc3)CCCC2)c2ccccc12. The monoisotopic (exact) mass is 365 g/mol. The molecule has 0 unspecified atom stereocenters. The Bertz CT molecular complexity index is 1030. The smallest absolute Gasteiger partial charge is 0.372 e. The van der Waals surface area contributed by atoms with Crippen LogP contribution in [0.5, 0.6) is 0 Å². The van der Waals surface area contributed by atoms with Gasteiger partial charge in [-0.05, 0) is 12.1 Å². The Kier molecular flexibility index (Phi) is 4.94. The summed E-state index contributed by atoms with van der Waals surface area (Å²) in [6.45, 7) is 5.01. The van der Waals surface area contributed by atoms with E-state index >= 15 is 0 Å². The Morgan fingerprint density at radius 3 is 2.41 bits per heavy atom. The first kappa shape index (κ1) is 17.7. The topological polar surface area (TPSA) is 52.2 Å². The van der Waals surface area contributed by atoms with Crippen LogP contribution >= 0.6 is 0 Å². The second-order valence-corrected chi connectivity index (χ2v) is 7.54. The molecule has 1 fully saturated rings. The number of quaternary nitrogens is 1. The summed E-state index contributed by atoms with van der Waals surface area (Å²) >= 11 is 0. The molecular weight excluding hydrogens is 340 g/mol. The van der Waals surface area contributed by atoms with Gasteiger partial charge in [0, 0.05) is 31.4 Å². The highest BCUT2D eigenvalue weighted by Gasteiger charge is 2.31. The van der Waals surface area contributed by atoms with Gasteiger partial charge in [-0.15, -0.1) is 0 Å². The first-order valence-electron chi connectivity index (χ1n) is 9.69. The Labute approximate surface area is 158 Å². The van der Waals surface area contributed by atoms with Gasteiger partial charge in [-0.25, -0.2) is 9.59 Å². The van der Waals surface area contributed by atoms with Gasteiger partial charge in [-0.3, -0.25) is 4.57 Å². The fraction of sp³-hybridized carbons (Fsp3) is 0.364. The fourth-order valence-corrected chi connectivity index (χ4v) is 4.38. The molecule has 5 nitrogen and oxygen atoms in total. The molecule has 1 aliphatic rings. The van der Waals surface area contributed by atoms with Crippen molar-refractivity contribution in [1.82, 2.24) is 4.57 Å². The maximum atomic E-state index is 12.2. The molecule has 0 radical (unpaired) electrons. The second-order valence-electron chi connectivity index (χ2n) is 7.54. The number of rotatable bonds is 6. The van der Waals surface area contributed by atoms with Crippen molar-refractivity contribution in [1.29, 1.82) is 0 Å². The summed E-state index contributed by atoms with van der Waals surface area (Å²) in [4.78, 5) is 24.1. The third-order valence-electron chi connectivity index (χ3n) is 5.71. The molecule has 0 N–H and O–H groups in total. The van der Waals surface area contributed by atoms with Crippen LogP contribution in [0.3, 0.4) is 0 Å². The van der Waals surface area contributed by atoms with Crippen LogP contribution in [0.25, 0.3) is 10.9 Å². The third-order valence-corrected chi connectivity index (χ3v) is 5.71. The summed E-state index contributed by atoms with van der Waals surface area (Å²) in [6, 6.07) is 17.8. The largest absolute Gasteiger partial charge is 0.422 e. The lowest BCUT2D eigenvalue weighted by molar-refractivity contribution is -0.930. The standard InChI is InChI=1S/C22H25N2O3/c25-21-19-11-4-5-12-20(19)23(22(26)27-21)13-8-16-24(14-6-7-15-24)17-18-9-2-1-3-10-18/h1-5,9-12H,6-8,13-17H2/q+1. The van der Waals surface area contributed by atoms with Gasteiger partial charge in [0.05, 0.1) is 30.5 Å². The first-order valence-corrected chi connectivity index (χ1v) is 9.69. The molecule has 0 bridgehead atoms. The number of aryl methyl sites for hydroxylation is 1. The van der Waals surface area contributed by atoms with Gasteiger partial charge < -0.3 is 8.90 Å². The number of fused-ring (bicyclic) bond motifs is 1. The van der Waals surface area contributed by atoms with Crippen LogP contribution in [0.2, 0.25) is 0 Å². The molecule has 3 aromatic rings. The molecule has 4 rings (SSSR count). The highest BCUT2D eigenvalue weighted by Crippen LogP contribution is 2.24. The molecular formula is C22H25N2O3+. The number of aromatic nitrogens is 1. The molecule has 2 aromatic carbocycles. The van der Waals surface area contributed by atoms with E-state index in [-0.39, 0.29) is 0 Å². The molecule has 0 saturated carbocycles. The number of hydrogen-bond donors (Lipinski definition) is 0. The summed E-state index contributed by atoms with van der Waals surface area (Å²) in [5.41, 5.74) is 1.47. The van der Waals surface area contributed by atoms with Crippen molar-refractivity contribution in [2.45, 2.75) is 32.4 Å². The van der Waals surface area contributed by atoms with E-state index in [0.29, 0.717) is 17.4 Å². The van der Waals surface area contributed by atoms with E-state index < -0.39 is 11.4 Å². The van der Waals surface area contributed by atoms with E-state index in [2.05, 4.69) is 30.3 Å². The van der Waals surface area contributed by atoms with Crippen molar-refractivity contribution in [2.75, 3.05) is 19.6 Å². The van der Waals surface area contributed by atoms with Crippen LogP contribution < -0.4 is 11.4 Å². The van der Waals surface area contributed by atoms with Crippen LogP contribution in [0, 0.1) is 0 Å². The Morgan fingerprint density at radius 1 is 0.926 bits per heavy atom. The number of hydrogen-bond acceptors (Lipinski definition) is 3. The average molecular weight is 365 g/mol. The zero-order valence-corrected chi connectivity index (χ0v) is 15.5. The van der Waals surface area contributed by atoms with Gasteiger partial charge in [-0.1, -0.05) is 42.5 Å². The maximum Gasteiger partial charge on any atom is 0.422 e. The van der Waals surface area contributed by atoms with E-state index in [0.717, 1.165) is 24.0 Å². The van der Waals surface area contributed by atoms with Gasteiger partial charge in [0.25, 0.3) is 0 Å². The van der Waals surface area contributed by atoms with Crippen LogP contribution in [0.1, 0.15) is 24.8 Å². The average Bonchev–Trinajstić information content (AvgIpc) is 3.14. The third kappa shape index (κ3) is 3.74. The van der Waals surface area contributed by atoms with Gasteiger partial charge in [-0.2, -0.15) is 0 Å². The first-order chi connectivity index (χ1) is 13.2. The molecule has 0 amide bonds. The summed E-state index contributed by atoms with van der Waals surface area (Å²) in [6.07, 6.45) is 3.40. The highest BCUT2D eigenvalue weighted by molar-refractivity contribution is 5.77. The van der Waals surface area contributed by atoms with E-state index in [1.54, 1.807) is 16.7 Å². The normalized spacial score (nSPS) is 16.0. The Hall–Kier alpha value is -2.66. The zero-order chi connectivity index (χ0) is 18.7. The minimum absolute atomic E-state index is 0.464. The molecule has 5 heteroatoms. The molecule has 0 spiro atoms. The van der Waals surface area contributed by atoms with Crippen molar-refractivity contribution in [3.05, 3.63) is 81.1 Å². The molecule has 0 aliphatic carbocycles. The summed E-state index contributed by atoms with van der Waals surface area (Å²) in [5, 5.41) is 0.464. The molecule has 1 saturated heterocycles. The number of para-hydroxylation sites is 1. The van der Waals surface area contributed by atoms with Crippen LogP contribution in [-0.2, 0) is 13.1 Å². The van der Waals surface area contributed by atoms with Crippen molar-refractivity contribution >= 4 is 10.9 Å². The molecule has 1 aliphatic heterocycles. The zero-order valence-electron chi connectivity index (χ0n) is 15.5. The van der Waals surface area contributed by atoms with Crippen molar-refractivity contribution in [2.24, 2.45) is 0 Å². The lowest BCUT2D eigenvalue weighted by Gasteiger charge is -2.34. The van der Waals surface area contributed by atoms with E-state index in [1.165, 1.54) is 31.5 Å². The van der Waals surface area contributed by atoms with Gasteiger partial charge in [0.15, 0.2) is 0 Å². The lowest BCUT2D eigenvalue weighted by Crippen LogP contribution is -2.45. The minimum atomic E-state index is -0.560. The maximum absolute atomic E-state index is 12.2. The molecule has 140 valence electrons. The van der Waals surface area contributed by atoms with Gasteiger partial charge in [0.2, 0.25) is 0 Å².